The number of carbonyl (C=O) groups is 1. The highest BCUT2D eigenvalue weighted by molar-refractivity contribution is 9.09. The van der Waals surface area contributed by atoms with Crippen LogP contribution in [0.4, 0.5) is 5.69 Å². The van der Waals surface area contributed by atoms with Crippen LogP contribution in [0.5, 0.6) is 0 Å². The Kier molecular flexibility index (Phi) is 4.48. The quantitative estimate of drug-likeness (QED) is 0.492. The summed E-state index contributed by atoms with van der Waals surface area (Å²) in [6.07, 6.45) is 2.00. The Balaban J connectivity index is 2.62. The van der Waals surface area contributed by atoms with E-state index in [9.17, 15) is 14.9 Å². The molecule has 1 unspecified atom stereocenters. The van der Waals surface area contributed by atoms with E-state index in [2.05, 4.69) is 26.2 Å². The van der Waals surface area contributed by atoms with Gasteiger partial charge in [0, 0.05) is 17.4 Å². The van der Waals surface area contributed by atoms with Gasteiger partial charge in [0.25, 0.3) is 11.6 Å². The molecule has 0 saturated heterocycles. The molecule has 16 heavy (non-hydrogen) atoms. The molecule has 0 spiro atoms. The molecule has 0 radical (unpaired) electrons. The highest BCUT2D eigenvalue weighted by Crippen LogP contribution is 2.12. The minimum Gasteiger partial charge on any atom is -0.351 e. The van der Waals surface area contributed by atoms with E-state index in [4.69, 9.17) is 0 Å². The first-order chi connectivity index (χ1) is 7.54. The molecule has 0 aliphatic heterocycles. The number of carbonyl (C=O) groups excluding carboxylic acids is 1. The van der Waals surface area contributed by atoms with Crippen LogP contribution in [0, 0.1) is 10.1 Å². The fraction of sp³-hybridized carbons (Fsp3) is 0.444. The van der Waals surface area contributed by atoms with Crippen molar-refractivity contribution in [3.8, 4) is 0 Å². The largest absolute Gasteiger partial charge is 0.351 e. The number of nitro groups is 1. The fourth-order valence-corrected chi connectivity index (χ4v) is 1.84. The second-order valence-electron chi connectivity index (χ2n) is 3.38. The van der Waals surface area contributed by atoms with Gasteiger partial charge < -0.3 is 10.3 Å². The van der Waals surface area contributed by atoms with Gasteiger partial charge in [-0.1, -0.05) is 15.9 Å². The molecule has 0 aliphatic carbocycles. The zero-order chi connectivity index (χ0) is 12.1. The maximum Gasteiger partial charge on any atom is 0.287 e. The lowest BCUT2D eigenvalue weighted by atomic mass is 10.2. The molecular formula is C9H12BrN3O3. The highest BCUT2D eigenvalue weighted by atomic mass is 79.9. The summed E-state index contributed by atoms with van der Waals surface area (Å²) in [6.45, 7) is 1.87. The van der Waals surface area contributed by atoms with Gasteiger partial charge in [-0.05, 0) is 13.3 Å². The monoisotopic (exact) mass is 289 g/mol. The number of hydrogen-bond acceptors (Lipinski definition) is 3. The number of amides is 1. The average molecular weight is 290 g/mol. The van der Waals surface area contributed by atoms with Crippen molar-refractivity contribution in [3.05, 3.63) is 28.1 Å². The van der Waals surface area contributed by atoms with E-state index < -0.39 is 4.92 Å². The molecule has 1 aromatic rings. The Morgan fingerprint density at radius 2 is 2.44 bits per heavy atom. The number of rotatable bonds is 5. The van der Waals surface area contributed by atoms with Gasteiger partial charge in [0.1, 0.15) is 5.69 Å². The van der Waals surface area contributed by atoms with Crippen molar-refractivity contribution in [2.45, 2.75) is 19.4 Å². The van der Waals surface area contributed by atoms with Crippen molar-refractivity contribution in [1.82, 2.24) is 10.3 Å². The number of nitrogens with zero attached hydrogens (tertiary/aromatic N) is 1. The normalized spacial score (nSPS) is 12.1. The van der Waals surface area contributed by atoms with Crippen LogP contribution in [0.1, 0.15) is 23.8 Å². The zero-order valence-electron chi connectivity index (χ0n) is 8.70. The predicted octanol–water partition coefficient (Wildman–Crippen LogP) is 1.83. The SMILES string of the molecule is CC(CCBr)NC(=O)c1cc([N+](=O)[O-])c[nH]1. The van der Waals surface area contributed by atoms with Crippen molar-refractivity contribution in [3.63, 3.8) is 0 Å². The number of halogens is 1. The van der Waals surface area contributed by atoms with Crippen molar-refractivity contribution in [2.75, 3.05) is 5.33 Å². The average Bonchev–Trinajstić information content (AvgIpc) is 2.66. The topological polar surface area (TPSA) is 88.0 Å². The summed E-state index contributed by atoms with van der Waals surface area (Å²) in [4.78, 5) is 24.0. The highest BCUT2D eigenvalue weighted by Gasteiger charge is 2.15. The minimum atomic E-state index is -0.546. The summed E-state index contributed by atoms with van der Waals surface area (Å²) in [5.74, 6) is -0.332. The van der Waals surface area contributed by atoms with Crippen LogP contribution in [-0.2, 0) is 0 Å². The Hall–Kier alpha value is -1.37. The summed E-state index contributed by atoms with van der Waals surface area (Å²) in [5, 5.41) is 13.9. The molecule has 0 bridgehead atoms. The Morgan fingerprint density at radius 1 is 1.75 bits per heavy atom. The maximum atomic E-state index is 11.6. The van der Waals surface area contributed by atoms with E-state index in [1.54, 1.807) is 0 Å². The number of aromatic nitrogens is 1. The number of aromatic amines is 1. The lowest BCUT2D eigenvalue weighted by molar-refractivity contribution is -0.384. The Bertz CT molecular complexity index is 391. The van der Waals surface area contributed by atoms with Gasteiger partial charge in [-0.2, -0.15) is 0 Å². The maximum absolute atomic E-state index is 11.6. The molecule has 1 rings (SSSR count). The van der Waals surface area contributed by atoms with E-state index >= 15 is 0 Å². The molecular weight excluding hydrogens is 278 g/mol. The molecule has 1 atom stereocenters. The van der Waals surface area contributed by atoms with Gasteiger partial charge in [-0.15, -0.1) is 0 Å². The molecule has 0 saturated carbocycles. The lowest BCUT2D eigenvalue weighted by Crippen LogP contribution is -2.32. The third-order valence-corrected chi connectivity index (χ3v) is 2.50. The smallest absolute Gasteiger partial charge is 0.287 e. The molecule has 0 fully saturated rings. The first kappa shape index (κ1) is 12.7. The van der Waals surface area contributed by atoms with Crippen LogP contribution < -0.4 is 5.32 Å². The minimum absolute atomic E-state index is 0.0224. The van der Waals surface area contributed by atoms with E-state index in [0.717, 1.165) is 11.8 Å². The number of H-pyrrole nitrogens is 1. The molecule has 0 aromatic carbocycles. The summed E-state index contributed by atoms with van der Waals surface area (Å²) in [7, 11) is 0. The standard InChI is InChI=1S/C9H12BrN3O3/c1-6(2-3-10)12-9(14)8-4-7(5-11-8)13(15)16/h4-6,11H,2-3H2,1H3,(H,12,14). The van der Waals surface area contributed by atoms with Gasteiger partial charge in [0.15, 0.2) is 0 Å². The van der Waals surface area contributed by atoms with Gasteiger partial charge in [0.05, 0.1) is 11.1 Å². The van der Waals surface area contributed by atoms with Crippen molar-refractivity contribution in [1.29, 1.82) is 0 Å². The fourth-order valence-electron chi connectivity index (χ4n) is 1.16. The van der Waals surface area contributed by atoms with Crippen molar-refractivity contribution >= 4 is 27.5 Å². The summed E-state index contributed by atoms with van der Waals surface area (Å²) in [5.41, 5.74) is 0.0893. The molecule has 1 aromatic heterocycles. The predicted molar refractivity (Wildman–Crippen MR) is 62.8 cm³/mol. The second-order valence-corrected chi connectivity index (χ2v) is 4.17. The van der Waals surface area contributed by atoms with Crippen LogP contribution in [0.25, 0.3) is 0 Å². The molecule has 88 valence electrons. The van der Waals surface area contributed by atoms with E-state index in [0.29, 0.717) is 0 Å². The van der Waals surface area contributed by atoms with Crippen molar-refractivity contribution < 1.29 is 9.72 Å². The molecule has 2 N–H and O–H groups in total. The third kappa shape index (κ3) is 3.34. The lowest BCUT2D eigenvalue weighted by Gasteiger charge is -2.10. The van der Waals surface area contributed by atoms with Crippen LogP contribution in [-0.4, -0.2) is 27.2 Å². The van der Waals surface area contributed by atoms with E-state index in [-0.39, 0.29) is 23.3 Å². The third-order valence-electron chi connectivity index (χ3n) is 2.04. The number of hydrogen-bond donors (Lipinski definition) is 2. The first-order valence-corrected chi connectivity index (χ1v) is 5.86. The number of alkyl halides is 1. The van der Waals surface area contributed by atoms with Crippen LogP contribution >= 0.6 is 15.9 Å². The second kappa shape index (κ2) is 5.64. The molecule has 6 nitrogen and oxygen atoms in total. The van der Waals surface area contributed by atoms with E-state index in [1.807, 2.05) is 6.92 Å². The van der Waals surface area contributed by atoms with Crippen LogP contribution in [0.15, 0.2) is 12.3 Å². The van der Waals surface area contributed by atoms with Crippen LogP contribution in [0.2, 0.25) is 0 Å². The molecule has 7 heteroatoms. The van der Waals surface area contributed by atoms with Gasteiger partial charge >= 0.3 is 0 Å². The zero-order valence-corrected chi connectivity index (χ0v) is 10.3. The molecule has 0 aliphatic rings. The van der Waals surface area contributed by atoms with Crippen LogP contribution in [0.3, 0.4) is 0 Å². The summed E-state index contributed by atoms with van der Waals surface area (Å²) < 4.78 is 0. The summed E-state index contributed by atoms with van der Waals surface area (Å²) >= 11 is 3.27. The molecule has 1 amide bonds. The Labute approximate surface area is 101 Å². The van der Waals surface area contributed by atoms with Gasteiger partial charge in [-0.25, -0.2) is 0 Å². The molecule has 1 heterocycles. The van der Waals surface area contributed by atoms with Gasteiger partial charge in [-0.3, -0.25) is 14.9 Å². The first-order valence-electron chi connectivity index (χ1n) is 4.74. The number of nitrogens with one attached hydrogen (secondary N) is 2. The van der Waals surface area contributed by atoms with E-state index in [1.165, 1.54) is 12.3 Å². The van der Waals surface area contributed by atoms with Gasteiger partial charge in [0.2, 0.25) is 0 Å². The Morgan fingerprint density at radius 3 is 2.94 bits per heavy atom. The summed E-state index contributed by atoms with van der Waals surface area (Å²) in [6, 6.07) is 1.24. The van der Waals surface area contributed by atoms with Crippen molar-refractivity contribution in [2.24, 2.45) is 0 Å².